The first-order chi connectivity index (χ1) is 11.0. The normalized spacial score (nSPS) is 14.5. The fourth-order valence-electron chi connectivity index (χ4n) is 2.96. The predicted octanol–water partition coefficient (Wildman–Crippen LogP) is 2.20. The van der Waals surface area contributed by atoms with Crippen molar-refractivity contribution in [2.45, 2.75) is 13.5 Å². The average Bonchev–Trinajstić information content (AvgIpc) is 2.55. The van der Waals surface area contributed by atoms with Crippen molar-refractivity contribution in [1.29, 1.82) is 0 Å². The molecule has 0 unspecified atom stereocenters. The van der Waals surface area contributed by atoms with Gasteiger partial charge in [-0.15, -0.1) is 12.4 Å². The lowest BCUT2D eigenvalue weighted by atomic mass is 10.1. The van der Waals surface area contributed by atoms with Crippen LogP contribution < -0.4 is 15.6 Å². The third-order valence-corrected chi connectivity index (χ3v) is 4.48. The van der Waals surface area contributed by atoms with E-state index < -0.39 is 11.4 Å². The van der Waals surface area contributed by atoms with Gasteiger partial charge in [0.2, 0.25) is 5.43 Å². The zero-order chi connectivity index (χ0) is 16.6. The highest BCUT2D eigenvalue weighted by atomic mass is 35.5. The van der Waals surface area contributed by atoms with Gasteiger partial charge in [-0.1, -0.05) is 11.6 Å². The molecule has 1 aromatic heterocycles. The lowest BCUT2D eigenvalue weighted by molar-refractivity contribution is 0.0695. The molecule has 8 heteroatoms. The predicted molar refractivity (Wildman–Crippen MR) is 98.2 cm³/mol. The molecule has 1 aliphatic heterocycles. The van der Waals surface area contributed by atoms with Crippen LogP contribution in [0.2, 0.25) is 5.02 Å². The largest absolute Gasteiger partial charge is 0.477 e. The minimum Gasteiger partial charge on any atom is -0.477 e. The number of fused-ring (bicyclic) bond motifs is 1. The maximum absolute atomic E-state index is 12.4. The smallest absolute Gasteiger partial charge is 0.341 e. The number of hydrogen-bond acceptors (Lipinski definition) is 4. The first kappa shape index (κ1) is 18.6. The molecule has 1 aromatic carbocycles. The summed E-state index contributed by atoms with van der Waals surface area (Å²) in [6.45, 7) is 5.93. The molecule has 0 saturated carbocycles. The molecule has 0 radical (unpaired) electrons. The number of carbonyl (C=O) groups is 1. The summed E-state index contributed by atoms with van der Waals surface area (Å²) in [6, 6.07) is 3.48. The molecule has 1 fully saturated rings. The summed E-state index contributed by atoms with van der Waals surface area (Å²) >= 11 is 6.38. The highest BCUT2D eigenvalue weighted by molar-refractivity contribution is 6.34. The molecule has 130 valence electrons. The van der Waals surface area contributed by atoms with Crippen molar-refractivity contribution in [1.82, 2.24) is 9.88 Å². The van der Waals surface area contributed by atoms with Crippen LogP contribution in [-0.4, -0.2) is 41.8 Å². The number of nitrogens with one attached hydrogen (secondary N) is 1. The van der Waals surface area contributed by atoms with Crippen LogP contribution in [0, 0.1) is 0 Å². The number of benzene rings is 1. The van der Waals surface area contributed by atoms with Gasteiger partial charge in [0.1, 0.15) is 5.56 Å². The lowest BCUT2D eigenvalue weighted by Gasteiger charge is -2.30. The maximum Gasteiger partial charge on any atom is 0.341 e. The van der Waals surface area contributed by atoms with Crippen LogP contribution in [0.4, 0.5) is 5.69 Å². The Morgan fingerprint density at radius 2 is 2.00 bits per heavy atom. The SMILES string of the molecule is CCn1cc(C(=O)O)c(=O)c2cc(Cl)c(N3CCNCC3)cc21.Cl. The number of rotatable bonds is 3. The molecular weight excluding hydrogens is 353 g/mol. The van der Waals surface area contributed by atoms with Crippen molar-refractivity contribution in [3.63, 3.8) is 0 Å². The summed E-state index contributed by atoms with van der Waals surface area (Å²) in [4.78, 5) is 25.8. The number of piperazine rings is 1. The molecular formula is C16H19Cl2N3O3. The standard InChI is InChI=1S/C16H18ClN3O3.ClH/c1-2-19-9-11(16(22)23)15(21)10-7-12(17)14(8-13(10)19)20-5-3-18-4-6-20;/h7-9,18H,2-6H2,1H3,(H,22,23);1H. The average molecular weight is 372 g/mol. The molecule has 0 atom stereocenters. The van der Waals surface area contributed by atoms with Gasteiger partial charge >= 0.3 is 5.97 Å². The van der Waals surface area contributed by atoms with Gasteiger partial charge in [-0.2, -0.15) is 0 Å². The minimum atomic E-state index is -1.22. The van der Waals surface area contributed by atoms with Crippen molar-refractivity contribution in [2.24, 2.45) is 0 Å². The molecule has 0 bridgehead atoms. The monoisotopic (exact) mass is 371 g/mol. The molecule has 3 rings (SSSR count). The molecule has 2 N–H and O–H groups in total. The Kier molecular flexibility index (Phi) is 5.74. The summed E-state index contributed by atoms with van der Waals surface area (Å²) < 4.78 is 1.78. The van der Waals surface area contributed by atoms with E-state index in [0.29, 0.717) is 22.5 Å². The molecule has 1 saturated heterocycles. The summed E-state index contributed by atoms with van der Waals surface area (Å²) in [5.74, 6) is -1.22. The van der Waals surface area contributed by atoms with E-state index in [4.69, 9.17) is 11.6 Å². The molecule has 1 aliphatic rings. The molecule has 0 aliphatic carbocycles. The molecule has 0 spiro atoms. The number of aromatic nitrogens is 1. The van der Waals surface area contributed by atoms with Crippen molar-refractivity contribution < 1.29 is 9.90 Å². The van der Waals surface area contributed by atoms with Crippen molar-refractivity contribution in [3.8, 4) is 0 Å². The maximum atomic E-state index is 12.4. The van der Waals surface area contributed by atoms with Gasteiger partial charge in [-0.05, 0) is 19.1 Å². The minimum absolute atomic E-state index is 0. The van der Waals surface area contributed by atoms with Gasteiger partial charge in [-0.25, -0.2) is 4.79 Å². The van der Waals surface area contributed by atoms with Crippen LogP contribution in [0.5, 0.6) is 0 Å². The van der Waals surface area contributed by atoms with Crippen LogP contribution in [0.15, 0.2) is 23.1 Å². The Hall–Kier alpha value is -1.76. The highest BCUT2D eigenvalue weighted by Gasteiger charge is 2.19. The van der Waals surface area contributed by atoms with E-state index in [2.05, 4.69) is 10.2 Å². The number of anilines is 1. The number of nitrogens with zero attached hydrogens (tertiary/aromatic N) is 2. The summed E-state index contributed by atoms with van der Waals surface area (Å²) in [6.07, 6.45) is 1.41. The fourth-order valence-corrected chi connectivity index (χ4v) is 3.24. The first-order valence-corrected chi connectivity index (χ1v) is 7.96. The Labute approximate surface area is 150 Å². The molecule has 2 aromatic rings. The highest BCUT2D eigenvalue weighted by Crippen LogP contribution is 2.30. The van der Waals surface area contributed by atoms with E-state index in [9.17, 15) is 14.7 Å². The summed E-state index contributed by atoms with van der Waals surface area (Å²) in [7, 11) is 0. The van der Waals surface area contributed by atoms with Gasteiger partial charge in [0, 0.05) is 44.3 Å². The molecule has 2 heterocycles. The number of hydrogen-bond donors (Lipinski definition) is 2. The second-order valence-corrected chi connectivity index (χ2v) is 5.93. The van der Waals surface area contributed by atoms with Crippen LogP contribution in [0.25, 0.3) is 10.9 Å². The van der Waals surface area contributed by atoms with Crippen molar-refractivity contribution >= 4 is 46.6 Å². The number of halogens is 2. The Balaban J connectivity index is 0.00000208. The molecule has 6 nitrogen and oxygen atoms in total. The van der Waals surface area contributed by atoms with Gasteiger partial charge in [-0.3, -0.25) is 4.79 Å². The van der Waals surface area contributed by atoms with E-state index in [1.165, 1.54) is 6.20 Å². The third kappa shape index (κ3) is 3.22. The number of aryl methyl sites for hydroxylation is 1. The number of carboxylic acid groups (broad SMARTS) is 1. The van der Waals surface area contributed by atoms with E-state index in [1.54, 1.807) is 10.6 Å². The lowest BCUT2D eigenvalue weighted by Crippen LogP contribution is -2.43. The third-order valence-electron chi connectivity index (χ3n) is 4.18. The number of carboxylic acids is 1. The zero-order valence-corrected chi connectivity index (χ0v) is 14.8. The summed E-state index contributed by atoms with van der Waals surface area (Å²) in [5, 5.41) is 13.3. The van der Waals surface area contributed by atoms with E-state index in [0.717, 1.165) is 31.9 Å². The van der Waals surface area contributed by atoms with Crippen LogP contribution in [0.3, 0.4) is 0 Å². The van der Waals surface area contributed by atoms with Gasteiger partial charge in [0.05, 0.1) is 16.2 Å². The Morgan fingerprint density at radius 1 is 1.33 bits per heavy atom. The molecule has 0 amide bonds. The quantitative estimate of drug-likeness (QED) is 0.864. The zero-order valence-electron chi connectivity index (χ0n) is 13.2. The van der Waals surface area contributed by atoms with Crippen LogP contribution in [0.1, 0.15) is 17.3 Å². The summed E-state index contributed by atoms with van der Waals surface area (Å²) in [5.41, 5.74) is 0.863. The van der Waals surface area contributed by atoms with E-state index >= 15 is 0 Å². The first-order valence-electron chi connectivity index (χ1n) is 7.58. The second-order valence-electron chi connectivity index (χ2n) is 5.52. The van der Waals surface area contributed by atoms with Gasteiger partial charge in [0.15, 0.2) is 0 Å². The second kappa shape index (κ2) is 7.42. The topological polar surface area (TPSA) is 74.6 Å². The van der Waals surface area contributed by atoms with Crippen molar-refractivity contribution in [3.05, 3.63) is 39.1 Å². The van der Waals surface area contributed by atoms with Gasteiger partial charge in [0.25, 0.3) is 0 Å². The Bertz CT molecular complexity index is 829. The Morgan fingerprint density at radius 3 is 2.58 bits per heavy atom. The number of aromatic carboxylic acids is 1. The van der Waals surface area contributed by atoms with Crippen LogP contribution in [-0.2, 0) is 6.54 Å². The van der Waals surface area contributed by atoms with Crippen molar-refractivity contribution in [2.75, 3.05) is 31.1 Å². The van der Waals surface area contributed by atoms with E-state index in [1.807, 2.05) is 13.0 Å². The number of pyridine rings is 1. The molecule has 24 heavy (non-hydrogen) atoms. The van der Waals surface area contributed by atoms with E-state index in [-0.39, 0.29) is 18.0 Å². The van der Waals surface area contributed by atoms with Gasteiger partial charge < -0.3 is 19.9 Å². The fraction of sp³-hybridized carbons (Fsp3) is 0.375. The van der Waals surface area contributed by atoms with Crippen LogP contribution >= 0.6 is 24.0 Å².